The number of aryl methyl sites for hydroxylation is 2. The summed E-state index contributed by atoms with van der Waals surface area (Å²) >= 11 is 3.48. The Hall–Kier alpha value is -0.930. The summed E-state index contributed by atoms with van der Waals surface area (Å²) in [7, 11) is -3.38. The van der Waals surface area contributed by atoms with Crippen LogP contribution < -0.4 is 0 Å². The average Bonchev–Trinajstić information content (AvgIpc) is 3.18. The van der Waals surface area contributed by atoms with E-state index in [9.17, 15) is 8.42 Å². The molecule has 3 heterocycles. The number of thiazole rings is 1. The van der Waals surface area contributed by atoms with E-state index in [2.05, 4.69) is 4.98 Å². The Bertz CT molecular complexity index is 887. The maximum atomic E-state index is 12.7. The summed E-state index contributed by atoms with van der Waals surface area (Å²) in [6.07, 6.45) is 1.08. The normalized spacial score (nSPS) is 22.6. The van der Waals surface area contributed by atoms with Crippen molar-refractivity contribution in [2.45, 2.75) is 42.6 Å². The Morgan fingerprint density at radius 1 is 1.27 bits per heavy atom. The van der Waals surface area contributed by atoms with Gasteiger partial charge in [-0.15, -0.1) is 23.1 Å². The molecular formula is C18H22N2O3S3. The molecule has 1 spiro atoms. The van der Waals surface area contributed by atoms with Gasteiger partial charge in [0.05, 0.1) is 28.3 Å². The Morgan fingerprint density at radius 2 is 2.00 bits per heavy atom. The smallest absolute Gasteiger partial charge is 0.243 e. The van der Waals surface area contributed by atoms with E-state index in [1.165, 1.54) is 0 Å². The van der Waals surface area contributed by atoms with Gasteiger partial charge in [0, 0.05) is 29.0 Å². The molecule has 8 heteroatoms. The molecule has 1 aromatic carbocycles. The number of sulfonamides is 1. The molecule has 2 aliphatic heterocycles. The highest BCUT2D eigenvalue weighted by molar-refractivity contribution is 8.01. The number of ether oxygens (including phenoxy) is 1. The molecule has 140 valence electrons. The minimum atomic E-state index is -3.38. The lowest BCUT2D eigenvalue weighted by molar-refractivity contribution is 0.0382. The van der Waals surface area contributed by atoms with Gasteiger partial charge in [-0.3, -0.25) is 0 Å². The first kappa shape index (κ1) is 18.4. The first-order valence-electron chi connectivity index (χ1n) is 8.60. The molecule has 0 unspecified atom stereocenters. The van der Waals surface area contributed by atoms with Crippen molar-refractivity contribution in [3.8, 4) is 0 Å². The number of nitrogens with zero attached hydrogens (tertiary/aromatic N) is 2. The van der Waals surface area contributed by atoms with E-state index in [-0.39, 0.29) is 10.9 Å². The predicted molar refractivity (Wildman–Crippen MR) is 105 cm³/mol. The molecule has 2 fully saturated rings. The van der Waals surface area contributed by atoms with Gasteiger partial charge in [-0.25, -0.2) is 13.4 Å². The van der Waals surface area contributed by atoms with Crippen molar-refractivity contribution in [3.05, 3.63) is 45.9 Å². The lowest BCUT2D eigenvalue weighted by Crippen LogP contribution is -2.60. The molecule has 26 heavy (non-hydrogen) atoms. The fourth-order valence-corrected chi connectivity index (χ4v) is 7.36. The van der Waals surface area contributed by atoms with E-state index in [1.807, 2.05) is 43.1 Å². The number of hydrogen-bond acceptors (Lipinski definition) is 6. The molecule has 0 radical (unpaired) electrons. The van der Waals surface area contributed by atoms with Crippen molar-refractivity contribution < 1.29 is 13.2 Å². The Labute approximate surface area is 162 Å². The average molecular weight is 411 g/mol. The number of rotatable bonds is 5. The summed E-state index contributed by atoms with van der Waals surface area (Å²) in [5, 5.41) is 3.09. The highest BCUT2D eigenvalue weighted by Crippen LogP contribution is 2.47. The van der Waals surface area contributed by atoms with Gasteiger partial charge in [0.1, 0.15) is 0 Å². The third-order valence-corrected chi connectivity index (χ3v) is 9.10. The summed E-state index contributed by atoms with van der Waals surface area (Å²) in [6.45, 7) is 5.63. The van der Waals surface area contributed by atoms with Crippen LogP contribution in [0.5, 0.6) is 0 Å². The van der Waals surface area contributed by atoms with Crippen LogP contribution in [0, 0.1) is 13.8 Å². The van der Waals surface area contributed by atoms with Crippen molar-refractivity contribution >= 4 is 33.1 Å². The molecule has 1 atom stereocenters. The van der Waals surface area contributed by atoms with Gasteiger partial charge >= 0.3 is 0 Å². The fourth-order valence-electron chi connectivity index (χ4n) is 3.43. The van der Waals surface area contributed by atoms with Crippen LogP contribution in [0.15, 0.2) is 34.5 Å². The van der Waals surface area contributed by atoms with Crippen LogP contribution in [0.1, 0.15) is 22.7 Å². The maximum Gasteiger partial charge on any atom is 0.243 e. The standard InChI is InChI=1S/C18H22N2O3S3/c1-13-3-5-17(6-4-13)26(21,22)20-11-18(12-20)7-16(10-25-18)23-8-15-9-24-14(2)19-15/h3-6,9,16H,7-8,10-12H2,1-2H3/t16-/m0/s1. The van der Waals surface area contributed by atoms with Crippen molar-refractivity contribution in [1.29, 1.82) is 0 Å². The van der Waals surface area contributed by atoms with Crippen LogP contribution in [-0.2, 0) is 21.4 Å². The van der Waals surface area contributed by atoms with Gasteiger partial charge in [-0.1, -0.05) is 17.7 Å². The Kier molecular flexibility index (Phi) is 4.90. The summed E-state index contributed by atoms with van der Waals surface area (Å²) in [6, 6.07) is 7.08. The van der Waals surface area contributed by atoms with Gasteiger partial charge < -0.3 is 4.74 Å². The van der Waals surface area contributed by atoms with E-state index in [0.29, 0.717) is 24.6 Å². The zero-order valence-electron chi connectivity index (χ0n) is 14.8. The van der Waals surface area contributed by atoms with E-state index >= 15 is 0 Å². The van der Waals surface area contributed by atoms with E-state index in [0.717, 1.165) is 28.4 Å². The molecule has 2 saturated heterocycles. The number of hydrogen-bond donors (Lipinski definition) is 0. The van der Waals surface area contributed by atoms with Crippen LogP contribution in [-0.4, -0.2) is 47.4 Å². The third-order valence-electron chi connectivity index (χ3n) is 4.90. The first-order valence-corrected chi connectivity index (χ1v) is 11.9. The second kappa shape index (κ2) is 6.91. The second-order valence-electron chi connectivity index (χ2n) is 7.08. The van der Waals surface area contributed by atoms with Gasteiger partial charge in [-0.05, 0) is 32.4 Å². The van der Waals surface area contributed by atoms with Crippen LogP contribution >= 0.6 is 23.1 Å². The van der Waals surface area contributed by atoms with E-state index < -0.39 is 10.0 Å². The zero-order valence-corrected chi connectivity index (χ0v) is 17.3. The minimum Gasteiger partial charge on any atom is -0.371 e. The lowest BCUT2D eigenvalue weighted by atomic mass is 9.95. The van der Waals surface area contributed by atoms with Gasteiger partial charge in [0.2, 0.25) is 10.0 Å². The van der Waals surface area contributed by atoms with Crippen LogP contribution in [0.25, 0.3) is 0 Å². The largest absolute Gasteiger partial charge is 0.371 e. The number of thioether (sulfide) groups is 1. The number of aromatic nitrogens is 1. The maximum absolute atomic E-state index is 12.7. The van der Waals surface area contributed by atoms with E-state index in [1.54, 1.807) is 27.8 Å². The predicted octanol–water partition coefficient (Wildman–Crippen LogP) is 3.23. The Balaban J connectivity index is 1.33. The molecule has 0 N–H and O–H groups in total. The second-order valence-corrected chi connectivity index (χ2v) is 11.6. The molecule has 0 amide bonds. The molecule has 0 bridgehead atoms. The SMILES string of the molecule is Cc1ccc(S(=O)(=O)N2CC3(C[C@H](OCc4csc(C)n4)CS3)C2)cc1. The molecule has 0 saturated carbocycles. The van der Waals surface area contributed by atoms with Gasteiger partial charge in [-0.2, -0.15) is 4.31 Å². The van der Waals surface area contributed by atoms with Crippen molar-refractivity contribution in [2.24, 2.45) is 0 Å². The summed E-state index contributed by atoms with van der Waals surface area (Å²) < 4.78 is 33.1. The van der Waals surface area contributed by atoms with Crippen molar-refractivity contribution in [1.82, 2.24) is 9.29 Å². The molecule has 5 nitrogen and oxygen atoms in total. The topological polar surface area (TPSA) is 59.5 Å². The summed E-state index contributed by atoms with van der Waals surface area (Å²) in [4.78, 5) is 4.81. The van der Waals surface area contributed by atoms with E-state index in [4.69, 9.17) is 4.74 Å². The van der Waals surface area contributed by atoms with Crippen molar-refractivity contribution in [3.63, 3.8) is 0 Å². The number of benzene rings is 1. The van der Waals surface area contributed by atoms with Crippen LogP contribution in [0.3, 0.4) is 0 Å². The van der Waals surface area contributed by atoms with Gasteiger partial charge in [0.25, 0.3) is 0 Å². The summed E-state index contributed by atoms with van der Waals surface area (Å²) in [5.74, 6) is 0.918. The summed E-state index contributed by atoms with van der Waals surface area (Å²) in [5.41, 5.74) is 2.04. The highest BCUT2D eigenvalue weighted by Gasteiger charge is 2.53. The first-order chi connectivity index (χ1) is 12.4. The van der Waals surface area contributed by atoms with Crippen molar-refractivity contribution in [2.75, 3.05) is 18.8 Å². The quantitative estimate of drug-likeness (QED) is 0.757. The molecule has 1 aromatic heterocycles. The molecule has 2 aromatic rings. The molecule has 4 rings (SSSR count). The highest BCUT2D eigenvalue weighted by atomic mass is 32.2. The lowest BCUT2D eigenvalue weighted by Gasteiger charge is -2.46. The van der Waals surface area contributed by atoms with Gasteiger partial charge in [0.15, 0.2) is 0 Å². The third kappa shape index (κ3) is 3.57. The molecule has 2 aliphatic rings. The molecular weight excluding hydrogens is 388 g/mol. The minimum absolute atomic E-state index is 0.0143. The van der Waals surface area contributed by atoms with Crippen LogP contribution in [0.2, 0.25) is 0 Å². The fraction of sp³-hybridized carbons (Fsp3) is 0.500. The molecule has 0 aliphatic carbocycles. The van der Waals surface area contributed by atoms with Crippen LogP contribution in [0.4, 0.5) is 0 Å². The Morgan fingerprint density at radius 3 is 2.65 bits per heavy atom. The monoisotopic (exact) mass is 410 g/mol. The zero-order chi connectivity index (χ0) is 18.4.